The van der Waals surface area contributed by atoms with E-state index < -0.39 is 5.82 Å². The zero-order valence-corrected chi connectivity index (χ0v) is 9.30. The van der Waals surface area contributed by atoms with E-state index in [1.54, 1.807) is 0 Å². The molecular formula is C9H14ClFN4. The Hall–Kier alpha value is -0.940. The zero-order valence-electron chi connectivity index (χ0n) is 8.48. The van der Waals surface area contributed by atoms with Crippen molar-refractivity contribution in [2.45, 2.75) is 13.0 Å². The van der Waals surface area contributed by atoms with E-state index in [4.69, 9.17) is 0 Å². The maximum absolute atomic E-state index is 12.6. The third-order valence-corrected chi connectivity index (χ3v) is 2.36. The van der Waals surface area contributed by atoms with Gasteiger partial charge >= 0.3 is 0 Å². The van der Waals surface area contributed by atoms with E-state index in [1.807, 2.05) is 0 Å². The number of piperazine rings is 1. The molecule has 2 heterocycles. The second-order valence-corrected chi connectivity index (χ2v) is 3.45. The Morgan fingerprint density at radius 2 is 2.13 bits per heavy atom. The highest BCUT2D eigenvalue weighted by atomic mass is 35.5. The molecule has 2 rings (SSSR count). The molecule has 0 aliphatic carbocycles. The Morgan fingerprint density at radius 1 is 1.47 bits per heavy atom. The fraction of sp³-hybridized carbons (Fsp3) is 0.556. The van der Waals surface area contributed by atoms with Crippen LogP contribution < -0.4 is 10.2 Å². The highest BCUT2D eigenvalue weighted by molar-refractivity contribution is 5.85. The van der Waals surface area contributed by atoms with Gasteiger partial charge in [0.25, 0.3) is 0 Å². The summed E-state index contributed by atoms with van der Waals surface area (Å²) >= 11 is 0. The molecule has 1 aromatic rings. The van der Waals surface area contributed by atoms with E-state index >= 15 is 0 Å². The maximum atomic E-state index is 12.6. The largest absolute Gasteiger partial charge is 0.336 e. The molecule has 1 atom stereocenters. The van der Waals surface area contributed by atoms with Gasteiger partial charge in [-0.3, -0.25) is 0 Å². The first kappa shape index (κ1) is 12.1. The van der Waals surface area contributed by atoms with Gasteiger partial charge in [0, 0.05) is 25.7 Å². The molecule has 0 aromatic carbocycles. The maximum Gasteiger partial charge on any atom is 0.225 e. The molecule has 0 bridgehead atoms. The fourth-order valence-corrected chi connectivity index (χ4v) is 1.59. The number of halogens is 2. The van der Waals surface area contributed by atoms with Crippen LogP contribution in [0.2, 0.25) is 0 Å². The molecule has 0 spiro atoms. The lowest BCUT2D eigenvalue weighted by molar-refractivity contribution is 0.491. The topological polar surface area (TPSA) is 41.0 Å². The highest BCUT2D eigenvalue weighted by Gasteiger charge is 2.19. The van der Waals surface area contributed by atoms with Gasteiger partial charge < -0.3 is 10.2 Å². The van der Waals surface area contributed by atoms with Crippen molar-refractivity contribution in [3.8, 4) is 0 Å². The van der Waals surface area contributed by atoms with Gasteiger partial charge in [-0.25, -0.2) is 14.4 Å². The van der Waals surface area contributed by atoms with Crippen LogP contribution in [0.3, 0.4) is 0 Å². The summed E-state index contributed by atoms with van der Waals surface area (Å²) in [5.74, 6) is 0.219. The number of aromatic nitrogens is 2. The lowest BCUT2D eigenvalue weighted by atomic mass is 10.2. The van der Waals surface area contributed by atoms with Crippen molar-refractivity contribution in [1.82, 2.24) is 15.3 Å². The average Bonchev–Trinajstić information content (AvgIpc) is 2.20. The third-order valence-electron chi connectivity index (χ3n) is 2.36. The van der Waals surface area contributed by atoms with Crippen molar-refractivity contribution in [1.29, 1.82) is 0 Å². The minimum Gasteiger partial charge on any atom is -0.336 e. The van der Waals surface area contributed by atoms with E-state index in [9.17, 15) is 4.39 Å². The Kier molecular flexibility index (Phi) is 4.23. The summed E-state index contributed by atoms with van der Waals surface area (Å²) in [7, 11) is 0. The molecule has 1 fully saturated rings. The Labute approximate surface area is 94.3 Å². The highest BCUT2D eigenvalue weighted by Crippen LogP contribution is 2.11. The molecule has 0 radical (unpaired) electrons. The van der Waals surface area contributed by atoms with Gasteiger partial charge in [-0.05, 0) is 6.92 Å². The van der Waals surface area contributed by atoms with Crippen molar-refractivity contribution in [2.24, 2.45) is 0 Å². The lowest BCUT2D eigenvalue weighted by Gasteiger charge is -2.33. The molecule has 4 nitrogen and oxygen atoms in total. The molecule has 84 valence electrons. The molecule has 1 aliphatic heterocycles. The summed E-state index contributed by atoms with van der Waals surface area (Å²) in [6.45, 7) is 4.80. The van der Waals surface area contributed by atoms with Gasteiger partial charge in [0.15, 0.2) is 5.82 Å². The molecule has 1 N–H and O–H groups in total. The first-order valence-electron chi connectivity index (χ1n) is 4.72. The molecule has 1 aromatic heterocycles. The van der Waals surface area contributed by atoms with Crippen LogP contribution in [0.5, 0.6) is 0 Å². The summed E-state index contributed by atoms with van der Waals surface area (Å²) in [4.78, 5) is 10.0. The summed E-state index contributed by atoms with van der Waals surface area (Å²) in [6, 6.07) is 0.356. The second-order valence-electron chi connectivity index (χ2n) is 3.45. The summed E-state index contributed by atoms with van der Waals surface area (Å²) in [6.07, 6.45) is 2.41. The normalized spacial score (nSPS) is 20.9. The van der Waals surface area contributed by atoms with Crippen molar-refractivity contribution in [3.05, 3.63) is 18.2 Å². The van der Waals surface area contributed by atoms with E-state index in [-0.39, 0.29) is 12.4 Å². The van der Waals surface area contributed by atoms with Gasteiger partial charge in [0.05, 0.1) is 12.4 Å². The van der Waals surface area contributed by atoms with Crippen LogP contribution in [-0.2, 0) is 0 Å². The van der Waals surface area contributed by atoms with Gasteiger partial charge in [-0.2, -0.15) is 0 Å². The predicted molar refractivity (Wildman–Crippen MR) is 58.9 cm³/mol. The van der Waals surface area contributed by atoms with Gasteiger partial charge in [-0.15, -0.1) is 12.4 Å². The van der Waals surface area contributed by atoms with Crippen LogP contribution in [0.25, 0.3) is 0 Å². The first-order valence-corrected chi connectivity index (χ1v) is 4.72. The third kappa shape index (κ3) is 2.76. The molecule has 6 heteroatoms. The number of hydrogen-bond donors (Lipinski definition) is 1. The van der Waals surface area contributed by atoms with E-state index in [2.05, 4.69) is 27.1 Å². The van der Waals surface area contributed by atoms with Crippen molar-refractivity contribution in [2.75, 3.05) is 24.5 Å². The van der Waals surface area contributed by atoms with Crippen molar-refractivity contribution in [3.63, 3.8) is 0 Å². The molecule has 1 saturated heterocycles. The molecule has 1 aliphatic rings. The number of nitrogens with zero attached hydrogens (tertiary/aromatic N) is 3. The summed E-state index contributed by atoms with van der Waals surface area (Å²) in [5.41, 5.74) is 0. The van der Waals surface area contributed by atoms with Gasteiger partial charge in [-0.1, -0.05) is 0 Å². The van der Waals surface area contributed by atoms with Crippen LogP contribution in [0.1, 0.15) is 6.92 Å². The Balaban J connectivity index is 0.00000112. The Bertz CT molecular complexity index is 305. The van der Waals surface area contributed by atoms with Crippen LogP contribution in [0, 0.1) is 5.82 Å². The zero-order chi connectivity index (χ0) is 9.97. The van der Waals surface area contributed by atoms with Crippen molar-refractivity contribution < 1.29 is 4.39 Å². The van der Waals surface area contributed by atoms with E-state index in [0.717, 1.165) is 19.6 Å². The smallest absolute Gasteiger partial charge is 0.225 e. The van der Waals surface area contributed by atoms with Crippen LogP contribution in [-0.4, -0.2) is 35.6 Å². The van der Waals surface area contributed by atoms with Crippen LogP contribution >= 0.6 is 12.4 Å². The fourth-order valence-electron chi connectivity index (χ4n) is 1.59. The Morgan fingerprint density at radius 3 is 2.73 bits per heavy atom. The van der Waals surface area contributed by atoms with E-state index in [1.165, 1.54) is 12.4 Å². The number of rotatable bonds is 1. The molecule has 15 heavy (non-hydrogen) atoms. The number of anilines is 1. The molecule has 0 saturated carbocycles. The number of hydrogen-bond acceptors (Lipinski definition) is 4. The SMILES string of the molecule is CC1CNCCN1c1ncc(F)cn1.Cl. The molecule has 1 unspecified atom stereocenters. The minimum atomic E-state index is -0.392. The first-order chi connectivity index (χ1) is 6.77. The minimum absolute atomic E-state index is 0. The second kappa shape index (κ2) is 5.23. The van der Waals surface area contributed by atoms with Gasteiger partial charge in [0.1, 0.15) is 0 Å². The standard InChI is InChI=1S/C9H13FN4.ClH/c1-7-4-11-2-3-14(7)9-12-5-8(10)6-13-9;/h5-7,11H,2-4H2,1H3;1H. The van der Waals surface area contributed by atoms with Gasteiger partial charge in [0.2, 0.25) is 5.95 Å². The van der Waals surface area contributed by atoms with Crippen molar-refractivity contribution >= 4 is 18.4 Å². The van der Waals surface area contributed by atoms with Crippen LogP contribution in [0.15, 0.2) is 12.4 Å². The van der Waals surface area contributed by atoms with Crippen LogP contribution in [0.4, 0.5) is 10.3 Å². The monoisotopic (exact) mass is 232 g/mol. The lowest BCUT2D eigenvalue weighted by Crippen LogP contribution is -2.50. The quantitative estimate of drug-likeness (QED) is 0.779. The predicted octanol–water partition coefficient (Wildman–Crippen LogP) is 0.836. The summed E-state index contributed by atoms with van der Waals surface area (Å²) in [5, 5.41) is 3.27. The molecule has 0 amide bonds. The van der Waals surface area contributed by atoms with E-state index in [0.29, 0.717) is 12.0 Å². The molecular weight excluding hydrogens is 219 g/mol. The summed E-state index contributed by atoms with van der Waals surface area (Å²) < 4.78 is 12.6. The average molecular weight is 233 g/mol. The number of nitrogens with one attached hydrogen (secondary N) is 1.